The van der Waals surface area contributed by atoms with Gasteiger partial charge in [-0.25, -0.2) is 0 Å². The number of hydrogen-bond acceptors (Lipinski definition) is 3. The number of ether oxygens (including phenoxy) is 1. The highest BCUT2D eigenvalue weighted by atomic mass is 79.9. The molecule has 0 spiro atoms. The maximum Gasteiger partial charge on any atom is 0.261 e. The van der Waals surface area contributed by atoms with Crippen molar-refractivity contribution in [1.82, 2.24) is 5.32 Å². The molecule has 16 heavy (non-hydrogen) atoms. The minimum absolute atomic E-state index is 0.00907. The minimum atomic E-state index is 0.00907. The average molecular weight is 304 g/mol. The van der Waals surface area contributed by atoms with Gasteiger partial charge < -0.3 is 10.1 Å². The summed E-state index contributed by atoms with van der Waals surface area (Å²) in [6, 6.07) is 3.72. The Morgan fingerprint density at radius 2 is 2.50 bits per heavy atom. The van der Waals surface area contributed by atoms with Crippen LogP contribution >= 0.6 is 27.3 Å². The standard InChI is InChI=1S/C11H14BrNO2S/c1-7-8(4-5-15-7)6-13-11(14)9-2-3-10(12)16-9/h2-3,7-8H,4-6H2,1H3,(H,13,14). The number of nitrogens with one attached hydrogen (secondary N) is 1. The number of thiophene rings is 1. The van der Waals surface area contributed by atoms with Gasteiger partial charge in [0.25, 0.3) is 5.91 Å². The molecule has 2 atom stereocenters. The first-order valence-corrected chi connectivity index (χ1v) is 6.93. The molecule has 0 aliphatic carbocycles. The molecule has 5 heteroatoms. The second-order valence-corrected chi connectivity index (χ2v) is 6.40. The van der Waals surface area contributed by atoms with Crippen LogP contribution in [-0.2, 0) is 4.74 Å². The monoisotopic (exact) mass is 303 g/mol. The quantitative estimate of drug-likeness (QED) is 0.932. The molecular weight excluding hydrogens is 290 g/mol. The summed E-state index contributed by atoms with van der Waals surface area (Å²) in [5.41, 5.74) is 0. The third kappa shape index (κ3) is 2.84. The molecule has 2 rings (SSSR count). The fourth-order valence-corrected chi connectivity index (χ4v) is 3.09. The Balaban J connectivity index is 1.84. The lowest BCUT2D eigenvalue weighted by Gasteiger charge is -2.14. The van der Waals surface area contributed by atoms with Gasteiger partial charge in [0.2, 0.25) is 0 Å². The Hall–Kier alpha value is -0.390. The zero-order valence-corrected chi connectivity index (χ0v) is 11.4. The van der Waals surface area contributed by atoms with E-state index in [9.17, 15) is 4.79 Å². The predicted molar refractivity (Wildman–Crippen MR) is 67.9 cm³/mol. The number of halogens is 1. The summed E-state index contributed by atoms with van der Waals surface area (Å²) in [7, 11) is 0. The number of carbonyl (C=O) groups excluding carboxylic acids is 1. The van der Waals surface area contributed by atoms with Gasteiger partial charge in [-0.3, -0.25) is 4.79 Å². The molecule has 1 aromatic rings. The molecule has 1 amide bonds. The molecule has 1 aliphatic rings. The SMILES string of the molecule is CC1OCCC1CNC(=O)c1ccc(Br)s1. The van der Waals surface area contributed by atoms with Gasteiger partial charge in [0.05, 0.1) is 14.8 Å². The molecule has 0 bridgehead atoms. The molecule has 0 radical (unpaired) electrons. The van der Waals surface area contributed by atoms with E-state index in [0.717, 1.165) is 21.7 Å². The van der Waals surface area contributed by atoms with E-state index in [4.69, 9.17) is 4.74 Å². The van der Waals surface area contributed by atoms with Crippen LogP contribution in [0.3, 0.4) is 0 Å². The van der Waals surface area contributed by atoms with Crippen LogP contribution < -0.4 is 5.32 Å². The van der Waals surface area contributed by atoms with Crippen molar-refractivity contribution < 1.29 is 9.53 Å². The third-order valence-corrected chi connectivity index (χ3v) is 4.48. The first-order valence-electron chi connectivity index (χ1n) is 5.32. The van der Waals surface area contributed by atoms with Gasteiger partial charge in [0.1, 0.15) is 0 Å². The van der Waals surface area contributed by atoms with Crippen LogP contribution in [0.2, 0.25) is 0 Å². The first-order chi connectivity index (χ1) is 7.66. The van der Waals surface area contributed by atoms with E-state index in [0.29, 0.717) is 12.5 Å². The van der Waals surface area contributed by atoms with Crippen LogP contribution in [0.15, 0.2) is 15.9 Å². The summed E-state index contributed by atoms with van der Waals surface area (Å²) in [6.07, 6.45) is 1.30. The largest absolute Gasteiger partial charge is 0.378 e. The van der Waals surface area contributed by atoms with Gasteiger partial charge in [-0.2, -0.15) is 0 Å². The molecule has 0 saturated carbocycles. The van der Waals surface area contributed by atoms with E-state index in [-0.39, 0.29) is 12.0 Å². The number of carbonyl (C=O) groups is 1. The van der Waals surface area contributed by atoms with Gasteiger partial charge in [0.15, 0.2) is 0 Å². The van der Waals surface area contributed by atoms with Crippen LogP contribution in [0.4, 0.5) is 0 Å². The molecule has 1 aliphatic heterocycles. The third-order valence-electron chi connectivity index (χ3n) is 2.86. The Bertz CT molecular complexity index is 380. The predicted octanol–water partition coefficient (Wildman–Crippen LogP) is 2.67. The van der Waals surface area contributed by atoms with Crippen molar-refractivity contribution >= 4 is 33.2 Å². The molecule has 88 valence electrons. The van der Waals surface area contributed by atoms with E-state index in [2.05, 4.69) is 28.2 Å². The fraction of sp³-hybridized carbons (Fsp3) is 0.545. The van der Waals surface area contributed by atoms with Gasteiger partial charge >= 0.3 is 0 Å². The first kappa shape index (κ1) is 12.1. The maximum absolute atomic E-state index is 11.8. The van der Waals surface area contributed by atoms with E-state index >= 15 is 0 Å². The van der Waals surface area contributed by atoms with Gasteiger partial charge in [-0.15, -0.1) is 11.3 Å². The summed E-state index contributed by atoms with van der Waals surface area (Å²) < 4.78 is 6.43. The topological polar surface area (TPSA) is 38.3 Å². The van der Waals surface area contributed by atoms with Crippen molar-refractivity contribution in [2.24, 2.45) is 5.92 Å². The van der Waals surface area contributed by atoms with Crippen LogP contribution in [0, 0.1) is 5.92 Å². The number of rotatable bonds is 3. The van der Waals surface area contributed by atoms with Crippen molar-refractivity contribution in [1.29, 1.82) is 0 Å². The van der Waals surface area contributed by atoms with E-state index in [1.165, 1.54) is 11.3 Å². The van der Waals surface area contributed by atoms with Crippen molar-refractivity contribution in [2.45, 2.75) is 19.4 Å². The number of hydrogen-bond donors (Lipinski definition) is 1. The zero-order chi connectivity index (χ0) is 11.5. The normalized spacial score (nSPS) is 24.6. The number of amides is 1. The maximum atomic E-state index is 11.8. The van der Waals surface area contributed by atoms with Crippen LogP contribution in [-0.4, -0.2) is 25.2 Å². The van der Waals surface area contributed by atoms with Crippen LogP contribution in [0.5, 0.6) is 0 Å². The summed E-state index contributed by atoms with van der Waals surface area (Å²) in [4.78, 5) is 12.5. The molecule has 1 fully saturated rings. The highest BCUT2D eigenvalue weighted by Gasteiger charge is 2.24. The Labute approximate surface area is 107 Å². The summed E-state index contributed by atoms with van der Waals surface area (Å²) in [5, 5.41) is 2.96. The van der Waals surface area contributed by atoms with Crippen molar-refractivity contribution in [3.8, 4) is 0 Å². The molecule has 1 saturated heterocycles. The minimum Gasteiger partial charge on any atom is -0.378 e. The van der Waals surface area contributed by atoms with Gasteiger partial charge in [-0.05, 0) is 41.4 Å². The van der Waals surface area contributed by atoms with Crippen LogP contribution in [0.1, 0.15) is 23.0 Å². The molecule has 1 N–H and O–H groups in total. The second-order valence-electron chi connectivity index (χ2n) is 3.94. The zero-order valence-electron chi connectivity index (χ0n) is 9.03. The summed E-state index contributed by atoms with van der Waals surface area (Å²) >= 11 is 4.80. The molecule has 2 unspecified atom stereocenters. The second kappa shape index (κ2) is 5.29. The molecule has 2 heterocycles. The Morgan fingerprint density at radius 3 is 3.06 bits per heavy atom. The smallest absolute Gasteiger partial charge is 0.261 e. The summed E-state index contributed by atoms with van der Waals surface area (Å²) in [5.74, 6) is 0.460. The van der Waals surface area contributed by atoms with E-state index in [1.807, 2.05) is 12.1 Å². The van der Waals surface area contributed by atoms with E-state index < -0.39 is 0 Å². The lowest BCUT2D eigenvalue weighted by molar-refractivity contribution is 0.0911. The lowest BCUT2D eigenvalue weighted by Crippen LogP contribution is -2.31. The van der Waals surface area contributed by atoms with E-state index in [1.54, 1.807) is 0 Å². The molecular formula is C11H14BrNO2S. The van der Waals surface area contributed by atoms with Crippen molar-refractivity contribution in [3.63, 3.8) is 0 Å². The molecule has 0 aromatic carbocycles. The lowest BCUT2D eigenvalue weighted by atomic mass is 10.0. The molecule has 3 nitrogen and oxygen atoms in total. The van der Waals surface area contributed by atoms with Gasteiger partial charge in [-0.1, -0.05) is 0 Å². The highest BCUT2D eigenvalue weighted by molar-refractivity contribution is 9.11. The Morgan fingerprint density at radius 1 is 1.69 bits per heavy atom. The van der Waals surface area contributed by atoms with Crippen molar-refractivity contribution in [2.75, 3.05) is 13.2 Å². The average Bonchev–Trinajstić information content (AvgIpc) is 2.84. The molecule has 1 aromatic heterocycles. The van der Waals surface area contributed by atoms with Gasteiger partial charge in [0, 0.05) is 19.1 Å². The fourth-order valence-electron chi connectivity index (χ4n) is 1.79. The van der Waals surface area contributed by atoms with Crippen molar-refractivity contribution in [3.05, 3.63) is 20.8 Å². The Kier molecular flexibility index (Phi) is 4.00. The summed E-state index contributed by atoms with van der Waals surface area (Å²) in [6.45, 7) is 3.58. The highest BCUT2D eigenvalue weighted by Crippen LogP contribution is 2.23. The van der Waals surface area contributed by atoms with Crippen LogP contribution in [0.25, 0.3) is 0 Å².